The van der Waals surface area contributed by atoms with E-state index in [4.69, 9.17) is 5.73 Å². The third-order valence-electron chi connectivity index (χ3n) is 1.47. The van der Waals surface area contributed by atoms with Crippen LogP contribution in [0.15, 0.2) is 18.6 Å². The highest BCUT2D eigenvalue weighted by Gasteiger charge is 1.94. The molecule has 0 unspecified atom stereocenters. The van der Waals surface area contributed by atoms with Crippen LogP contribution >= 0.6 is 0 Å². The molecule has 1 rings (SSSR count). The summed E-state index contributed by atoms with van der Waals surface area (Å²) in [6.45, 7) is 0.682. The van der Waals surface area contributed by atoms with Gasteiger partial charge in [-0.25, -0.2) is 4.98 Å². The second kappa shape index (κ2) is 5.08. The number of nitrogens with one attached hydrogen (secondary N) is 1. The minimum Gasteiger partial charge on any atom is -0.370 e. The molecule has 0 aliphatic heterocycles. The third kappa shape index (κ3) is 4.05. The number of carbonyl (C=O) groups excluding carboxylic acids is 1. The molecule has 5 nitrogen and oxygen atoms in total. The molecular weight excluding hydrogens is 168 g/mol. The first-order valence-corrected chi connectivity index (χ1v) is 4.07. The molecule has 0 saturated heterocycles. The number of hydrogen-bond donors (Lipinski definition) is 2. The summed E-state index contributed by atoms with van der Waals surface area (Å²) in [5.41, 5.74) is 4.98. The number of anilines is 1. The summed E-state index contributed by atoms with van der Waals surface area (Å²) in [4.78, 5) is 18.3. The third-order valence-corrected chi connectivity index (χ3v) is 1.47. The largest absolute Gasteiger partial charge is 0.370 e. The van der Waals surface area contributed by atoms with Crippen LogP contribution in [0.2, 0.25) is 0 Å². The zero-order chi connectivity index (χ0) is 9.52. The number of amides is 1. The lowest BCUT2D eigenvalue weighted by atomic mass is 10.3. The molecule has 0 aromatic carbocycles. The van der Waals surface area contributed by atoms with Gasteiger partial charge in [-0.05, 0) is 6.42 Å². The zero-order valence-electron chi connectivity index (χ0n) is 7.23. The second-order valence-corrected chi connectivity index (χ2v) is 2.59. The smallest absolute Gasteiger partial charge is 0.217 e. The number of aromatic nitrogens is 2. The van der Waals surface area contributed by atoms with E-state index < -0.39 is 0 Å². The van der Waals surface area contributed by atoms with Gasteiger partial charge in [-0.3, -0.25) is 9.78 Å². The van der Waals surface area contributed by atoms with Crippen molar-refractivity contribution < 1.29 is 4.79 Å². The highest BCUT2D eigenvalue weighted by Crippen LogP contribution is 1.97. The molecule has 5 heteroatoms. The van der Waals surface area contributed by atoms with Crippen molar-refractivity contribution in [2.45, 2.75) is 12.8 Å². The Kier molecular flexibility index (Phi) is 3.69. The van der Waals surface area contributed by atoms with Gasteiger partial charge in [0.1, 0.15) is 5.82 Å². The maximum Gasteiger partial charge on any atom is 0.217 e. The van der Waals surface area contributed by atoms with Gasteiger partial charge in [-0.2, -0.15) is 0 Å². The minimum absolute atomic E-state index is 0.277. The topological polar surface area (TPSA) is 80.9 Å². The summed E-state index contributed by atoms with van der Waals surface area (Å²) in [5.74, 6) is 0.438. The Bertz CT molecular complexity index is 262. The fraction of sp³-hybridized carbons (Fsp3) is 0.375. The van der Waals surface area contributed by atoms with Crippen LogP contribution in [0, 0.1) is 0 Å². The van der Waals surface area contributed by atoms with E-state index in [2.05, 4.69) is 15.3 Å². The number of hydrogen-bond acceptors (Lipinski definition) is 4. The van der Waals surface area contributed by atoms with Crippen LogP contribution in [0.3, 0.4) is 0 Å². The van der Waals surface area contributed by atoms with E-state index in [9.17, 15) is 4.79 Å². The molecule has 70 valence electrons. The van der Waals surface area contributed by atoms with Gasteiger partial charge in [0.2, 0.25) is 5.91 Å². The van der Waals surface area contributed by atoms with Crippen LogP contribution in [-0.4, -0.2) is 22.4 Å². The summed E-state index contributed by atoms with van der Waals surface area (Å²) in [6, 6.07) is 0. The molecule has 0 saturated carbocycles. The number of carbonyl (C=O) groups is 1. The van der Waals surface area contributed by atoms with Gasteiger partial charge in [0.05, 0.1) is 6.20 Å². The SMILES string of the molecule is NC(=O)CCCNc1cnccn1. The maximum atomic E-state index is 10.4. The van der Waals surface area contributed by atoms with E-state index in [1.165, 1.54) is 0 Å². The second-order valence-electron chi connectivity index (χ2n) is 2.59. The van der Waals surface area contributed by atoms with E-state index in [1.807, 2.05) is 0 Å². The first kappa shape index (κ1) is 9.44. The van der Waals surface area contributed by atoms with Gasteiger partial charge in [-0.15, -0.1) is 0 Å². The summed E-state index contributed by atoms with van der Waals surface area (Å²) in [6.07, 6.45) is 5.95. The molecule has 13 heavy (non-hydrogen) atoms. The number of primary amides is 1. The van der Waals surface area contributed by atoms with Gasteiger partial charge in [0, 0.05) is 25.4 Å². The van der Waals surface area contributed by atoms with E-state index >= 15 is 0 Å². The van der Waals surface area contributed by atoms with Gasteiger partial charge < -0.3 is 11.1 Å². The van der Waals surface area contributed by atoms with Gasteiger partial charge in [0.25, 0.3) is 0 Å². The molecular formula is C8H12N4O. The van der Waals surface area contributed by atoms with Crippen molar-refractivity contribution in [1.29, 1.82) is 0 Å². The Labute approximate surface area is 76.4 Å². The average molecular weight is 180 g/mol. The summed E-state index contributed by atoms with van der Waals surface area (Å²) in [7, 11) is 0. The maximum absolute atomic E-state index is 10.4. The minimum atomic E-state index is -0.277. The van der Waals surface area contributed by atoms with E-state index in [-0.39, 0.29) is 5.91 Å². The molecule has 0 spiro atoms. The van der Waals surface area contributed by atoms with Crippen LogP contribution in [0.25, 0.3) is 0 Å². The number of nitrogens with zero attached hydrogens (tertiary/aromatic N) is 2. The molecule has 1 aromatic heterocycles. The molecule has 0 aliphatic rings. The van der Waals surface area contributed by atoms with Crippen LogP contribution in [-0.2, 0) is 4.79 Å². The Balaban J connectivity index is 2.17. The molecule has 0 atom stereocenters. The molecule has 1 heterocycles. The van der Waals surface area contributed by atoms with Crippen molar-refractivity contribution in [2.75, 3.05) is 11.9 Å². The molecule has 0 radical (unpaired) electrons. The monoisotopic (exact) mass is 180 g/mol. The van der Waals surface area contributed by atoms with Gasteiger partial charge >= 0.3 is 0 Å². The predicted molar refractivity (Wildman–Crippen MR) is 49.0 cm³/mol. The lowest BCUT2D eigenvalue weighted by Gasteiger charge is -2.02. The zero-order valence-corrected chi connectivity index (χ0v) is 7.23. The normalized spacial score (nSPS) is 9.54. The van der Waals surface area contributed by atoms with Crippen LogP contribution in [0.4, 0.5) is 5.82 Å². The highest BCUT2D eigenvalue weighted by molar-refractivity contribution is 5.73. The average Bonchev–Trinajstić information content (AvgIpc) is 2.14. The van der Waals surface area contributed by atoms with Crippen LogP contribution in [0.5, 0.6) is 0 Å². The van der Waals surface area contributed by atoms with E-state index in [1.54, 1.807) is 18.6 Å². The Morgan fingerprint density at radius 2 is 2.38 bits per heavy atom. The van der Waals surface area contributed by atoms with Crippen molar-refractivity contribution in [3.05, 3.63) is 18.6 Å². The van der Waals surface area contributed by atoms with Gasteiger partial charge in [-0.1, -0.05) is 0 Å². The first-order valence-electron chi connectivity index (χ1n) is 4.07. The first-order chi connectivity index (χ1) is 6.29. The molecule has 0 aliphatic carbocycles. The number of rotatable bonds is 5. The van der Waals surface area contributed by atoms with Gasteiger partial charge in [0.15, 0.2) is 0 Å². The Morgan fingerprint density at radius 3 is 3.00 bits per heavy atom. The highest BCUT2D eigenvalue weighted by atomic mass is 16.1. The van der Waals surface area contributed by atoms with Crippen molar-refractivity contribution >= 4 is 11.7 Å². The predicted octanol–water partition coefficient (Wildman–Crippen LogP) is 0.154. The van der Waals surface area contributed by atoms with E-state index in [0.29, 0.717) is 25.2 Å². The Hall–Kier alpha value is -1.65. The summed E-state index contributed by atoms with van der Waals surface area (Å²) in [5, 5.41) is 3.02. The molecule has 0 fully saturated rings. The van der Waals surface area contributed by atoms with E-state index in [0.717, 1.165) is 0 Å². The van der Waals surface area contributed by atoms with Crippen molar-refractivity contribution in [3.8, 4) is 0 Å². The fourth-order valence-electron chi connectivity index (χ4n) is 0.869. The fourth-order valence-corrected chi connectivity index (χ4v) is 0.869. The lowest BCUT2D eigenvalue weighted by molar-refractivity contribution is -0.118. The van der Waals surface area contributed by atoms with Crippen LogP contribution in [0.1, 0.15) is 12.8 Å². The molecule has 3 N–H and O–H groups in total. The van der Waals surface area contributed by atoms with Crippen molar-refractivity contribution in [1.82, 2.24) is 9.97 Å². The summed E-state index contributed by atoms with van der Waals surface area (Å²) < 4.78 is 0. The number of nitrogens with two attached hydrogens (primary N) is 1. The summed E-state index contributed by atoms with van der Waals surface area (Å²) >= 11 is 0. The molecule has 1 amide bonds. The molecule has 1 aromatic rings. The van der Waals surface area contributed by atoms with Crippen LogP contribution < -0.4 is 11.1 Å². The Morgan fingerprint density at radius 1 is 1.54 bits per heavy atom. The lowest BCUT2D eigenvalue weighted by Crippen LogP contribution is -2.12. The standard InChI is InChI=1S/C8H12N4O/c9-7(13)2-1-3-11-8-6-10-4-5-12-8/h4-6H,1-3H2,(H2,9,13)(H,11,12). The van der Waals surface area contributed by atoms with Crippen molar-refractivity contribution in [2.24, 2.45) is 5.73 Å². The molecule has 0 bridgehead atoms. The quantitative estimate of drug-likeness (QED) is 0.632. The van der Waals surface area contributed by atoms with Crippen molar-refractivity contribution in [3.63, 3.8) is 0 Å².